The molecule has 2 amide bonds. The third-order valence-corrected chi connectivity index (χ3v) is 3.84. The number of nitrogens with zero attached hydrogens (tertiary/aromatic N) is 1. The number of amides is 2. The number of rotatable bonds is 10. The largest absolute Gasteiger partial charge is 0.469 e. The molecule has 0 saturated heterocycles. The molecule has 150 valence electrons. The summed E-state index contributed by atoms with van der Waals surface area (Å²) in [6, 6.07) is 6.75. The summed E-state index contributed by atoms with van der Waals surface area (Å²) in [7, 11) is 1.33. The number of esters is 1. The molecule has 1 aromatic rings. The van der Waals surface area contributed by atoms with Gasteiger partial charge in [-0.1, -0.05) is 13.0 Å². The molecule has 1 N–H and O–H groups in total. The Morgan fingerprint density at radius 3 is 2.48 bits per heavy atom. The van der Waals surface area contributed by atoms with Gasteiger partial charge in [-0.25, -0.2) is 0 Å². The summed E-state index contributed by atoms with van der Waals surface area (Å²) in [5.41, 5.74) is 1.00. The molecule has 1 unspecified atom stereocenters. The lowest BCUT2D eigenvalue weighted by atomic mass is 10.1. The van der Waals surface area contributed by atoms with Crippen LogP contribution in [0.25, 0.3) is 0 Å². The molecule has 27 heavy (non-hydrogen) atoms. The van der Waals surface area contributed by atoms with Gasteiger partial charge in [0.05, 0.1) is 19.1 Å². The Morgan fingerprint density at radius 1 is 1.19 bits per heavy atom. The minimum atomic E-state index is -0.441. The van der Waals surface area contributed by atoms with Crippen LogP contribution in [-0.2, 0) is 19.1 Å². The molecule has 7 heteroatoms. The Kier molecular flexibility index (Phi) is 9.50. The van der Waals surface area contributed by atoms with Crippen LogP contribution in [0.3, 0.4) is 0 Å². The lowest BCUT2D eigenvalue weighted by molar-refractivity contribution is -0.145. The van der Waals surface area contributed by atoms with Gasteiger partial charge in [0.25, 0.3) is 5.91 Å². The SMILES string of the molecule is COC(=O)C(C)CN(CCCOC(C)C)C(=O)c1cccc(NC(C)=O)c1. The standard InChI is InChI=1S/C20H30N2O5/c1-14(2)27-11-7-10-22(13-15(3)20(25)26-5)19(24)17-8-6-9-18(12-17)21-16(4)23/h6,8-9,12,14-15H,7,10-11,13H2,1-5H3,(H,21,23). The van der Waals surface area contributed by atoms with E-state index in [0.717, 1.165) is 0 Å². The molecule has 1 atom stereocenters. The molecule has 0 radical (unpaired) electrons. The van der Waals surface area contributed by atoms with Crippen LogP contribution in [0.2, 0.25) is 0 Å². The molecule has 0 heterocycles. The third kappa shape index (κ3) is 8.21. The zero-order chi connectivity index (χ0) is 20.4. The maximum Gasteiger partial charge on any atom is 0.310 e. The molecular weight excluding hydrogens is 348 g/mol. The number of anilines is 1. The van der Waals surface area contributed by atoms with Crippen molar-refractivity contribution >= 4 is 23.5 Å². The van der Waals surface area contributed by atoms with Crippen LogP contribution in [0.4, 0.5) is 5.69 Å². The zero-order valence-electron chi connectivity index (χ0n) is 16.8. The third-order valence-electron chi connectivity index (χ3n) is 3.84. The van der Waals surface area contributed by atoms with Gasteiger partial charge in [0.1, 0.15) is 0 Å². The fraction of sp³-hybridized carbons (Fsp3) is 0.550. The van der Waals surface area contributed by atoms with E-state index < -0.39 is 5.92 Å². The van der Waals surface area contributed by atoms with Gasteiger partial charge in [0.15, 0.2) is 0 Å². The van der Waals surface area contributed by atoms with Crippen molar-refractivity contribution in [3.63, 3.8) is 0 Å². The maximum absolute atomic E-state index is 13.0. The molecule has 0 aromatic heterocycles. The van der Waals surface area contributed by atoms with Crippen LogP contribution in [-0.4, -0.2) is 55.6 Å². The monoisotopic (exact) mass is 378 g/mol. The molecule has 7 nitrogen and oxygen atoms in total. The van der Waals surface area contributed by atoms with Gasteiger partial charge in [-0.3, -0.25) is 14.4 Å². The molecule has 0 bridgehead atoms. The second kappa shape index (κ2) is 11.3. The van der Waals surface area contributed by atoms with E-state index in [-0.39, 0.29) is 30.4 Å². The highest BCUT2D eigenvalue weighted by Gasteiger charge is 2.22. The van der Waals surface area contributed by atoms with Crippen LogP contribution in [0.15, 0.2) is 24.3 Å². The minimum Gasteiger partial charge on any atom is -0.469 e. The van der Waals surface area contributed by atoms with E-state index in [0.29, 0.717) is 30.8 Å². The van der Waals surface area contributed by atoms with E-state index >= 15 is 0 Å². The highest BCUT2D eigenvalue weighted by atomic mass is 16.5. The average Bonchev–Trinajstić information content (AvgIpc) is 2.62. The van der Waals surface area contributed by atoms with Crippen LogP contribution in [0, 0.1) is 5.92 Å². The van der Waals surface area contributed by atoms with Crippen molar-refractivity contribution in [3.8, 4) is 0 Å². The first-order valence-electron chi connectivity index (χ1n) is 9.11. The van der Waals surface area contributed by atoms with Crippen molar-refractivity contribution in [2.45, 2.75) is 40.2 Å². The smallest absolute Gasteiger partial charge is 0.310 e. The quantitative estimate of drug-likeness (QED) is 0.500. The van der Waals surface area contributed by atoms with Gasteiger partial charge >= 0.3 is 5.97 Å². The molecule has 0 spiro atoms. The van der Waals surface area contributed by atoms with E-state index in [1.165, 1.54) is 14.0 Å². The normalized spacial score (nSPS) is 11.8. The van der Waals surface area contributed by atoms with Crippen LogP contribution >= 0.6 is 0 Å². The molecule has 0 fully saturated rings. The number of methoxy groups -OCH3 is 1. The first kappa shape index (κ1) is 22.6. The highest BCUT2D eigenvalue weighted by molar-refractivity contribution is 5.97. The summed E-state index contributed by atoms with van der Waals surface area (Å²) in [6.45, 7) is 8.28. The topological polar surface area (TPSA) is 84.9 Å². The van der Waals surface area contributed by atoms with Crippen LogP contribution < -0.4 is 5.32 Å². The van der Waals surface area contributed by atoms with E-state index in [9.17, 15) is 14.4 Å². The van der Waals surface area contributed by atoms with Crippen molar-refractivity contribution in [2.75, 3.05) is 32.1 Å². The van der Waals surface area contributed by atoms with Gasteiger partial charge in [-0.15, -0.1) is 0 Å². The first-order chi connectivity index (χ1) is 12.7. The fourth-order valence-electron chi connectivity index (χ4n) is 2.57. The van der Waals surface area contributed by atoms with Crippen molar-refractivity contribution < 1.29 is 23.9 Å². The van der Waals surface area contributed by atoms with Crippen molar-refractivity contribution in [1.82, 2.24) is 4.90 Å². The number of nitrogens with one attached hydrogen (secondary N) is 1. The van der Waals surface area contributed by atoms with E-state index in [1.807, 2.05) is 13.8 Å². The minimum absolute atomic E-state index is 0.123. The van der Waals surface area contributed by atoms with Crippen molar-refractivity contribution in [1.29, 1.82) is 0 Å². The fourth-order valence-corrected chi connectivity index (χ4v) is 2.57. The Balaban J connectivity index is 2.90. The van der Waals surface area contributed by atoms with E-state index in [4.69, 9.17) is 9.47 Å². The maximum atomic E-state index is 13.0. The van der Waals surface area contributed by atoms with Gasteiger partial charge in [0.2, 0.25) is 5.91 Å². The average molecular weight is 378 g/mol. The lowest BCUT2D eigenvalue weighted by Gasteiger charge is -2.25. The lowest BCUT2D eigenvalue weighted by Crippen LogP contribution is -2.38. The summed E-state index contributed by atoms with van der Waals surface area (Å²) < 4.78 is 10.3. The summed E-state index contributed by atoms with van der Waals surface area (Å²) in [5.74, 6) is -1.22. The van der Waals surface area contributed by atoms with Gasteiger partial charge in [-0.2, -0.15) is 0 Å². The molecule has 0 aliphatic rings. The number of carbonyl (C=O) groups excluding carboxylic acids is 3. The summed E-state index contributed by atoms with van der Waals surface area (Å²) >= 11 is 0. The first-order valence-corrected chi connectivity index (χ1v) is 9.11. The Morgan fingerprint density at radius 2 is 1.89 bits per heavy atom. The number of benzene rings is 1. The summed E-state index contributed by atoms with van der Waals surface area (Å²) in [5, 5.41) is 2.67. The predicted molar refractivity (Wildman–Crippen MR) is 104 cm³/mol. The zero-order valence-corrected chi connectivity index (χ0v) is 16.8. The predicted octanol–water partition coefficient (Wildman–Crippen LogP) is 2.71. The molecule has 0 saturated carbocycles. The van der Waals surface area contributed by atoms with Gasteiger partial charge < -0.3 is 19.7 Å². The molecule has 0 aliphatic heterocycles. The number of hydrogen-bond donors (Lipinski definition) is 1. The van der Waals surface area contributed by atoms with Gasteiger partial charge in [-0.05, 0) is 38.5 Å². The highest BCUT2D eigenvalue weighted by Crippen LogP contribution is 2.15. The van der Waals surface area contributed by atoms with Gasteiger partial charge in [0, 0.05) is 37.9 Å². The van der Waals surface area contributed by atoms with E-state index in [2.05, 4.69) is 5.32 Å². The van der Waals surface area contributed by atoms with Crippen molar-refractivity contribution in [2.24, 2.45) is 5.92 Å². The second-order valence-electron chi connectivity index (χ2n) is 6.71. The molecule has 1 aromatic carbocycles. The number of hydrogen-bond acceptors (Lipinski definition) is 5. The van der Waals surface area contributed by atoms with Crippen LogP contribution in [0.5, 0.6) is 0 Å². The second-order valence-corrected chi connectivity index (χ2v) is 6.71. The van der Waals surface area contributed by atoms with Crippen LogP contribution in [0.1, 0.15) is 44.5 Å². The van der Waals surface area contributed by atoms with Crippen molar-refractivity contribution in [3.05, 3.63) is 29.8 Å². The summed E-state index contributed by atoms with van der Waals surface area (Å²) in [6.07, 6.45) is 0.779. The Labute approximate surface area is 161 Å². The Hall–Kier alpha value is -2.41. The summed E-state index contributed by atoms with van der Waals surface area (Å²) in [4.78, 5) is 37.6. The molecule has 1 rings (SSSR count). The number of ether oxygens (including phenoxy) is 2. The Bertz CT molecular complexity index is 645. The number of carbonyl (C=O) groups is 3. The van der Waals surface area contributed by atoms with E-state index in [1.54, 1.807) is 36.1 Å². The molecule has 0 aliphatic carbocycles. The molecular formula is C20H30N2O5.